The molecule has 110 valence electrons. The van der Waals surface area contributed by atoms with E-state index in [-0.39, 0.29) is 0 Å². The molecule has 2 aliphatic rings. The number of halogens is 1. The van der Waals surface area contributed by atoms with Gasteiger partial charge in [-0.05, 0) is 43.4 Å². The molecule has 0 unspecified atom stereocenters. The molecule has 3 nitrogen and oxygen atoms in total. The molecule has 2 aromatic rings. The molecule has 21 heavy (non-hydrogen) atoms. The van der Waals surface area contributed by atoms with Crippen molar-refractivity contribution >= 4 is 15.9 Å². The van der Waals surface area contributed by atoms with Crippen LogP contribution in [0.4, 0.5) is 0 Å². The largest absolute Gasteiger partial charge is 0.310 e. The molecule has 0 aliphatic heterocycles. The van der Waals surface area contributed by atoms with Crippen LogP contribution in [0.5, 0.6) is 0 Å². The van der Waals surface area contributed by atoms with Crippen LogP contribution in [0.3, 0.4) is 0 Å². The fourth-order valence-corrected chi connectivity index (χ4v) is 3.09. The summed E-state index contributed by atoms with van der Waals surface area (Å²) in [6, 6.07) is 9.30. The molecule has 1 aromatic carbocycles. The third kappa shape index (κ3) is 3.22. The number of hydrogen-bond donors (Lipinski definition) is 1. The molecular weight excluding hydrogens is 326 g/mol. The quantitative estimate of drug-likeness (QED) is 0.862. The van der Waals surface area contributed by atoms with E-state index < -0.39 is 0 Å². The minimum atomic E-state index is 0.735. The van der Waals surface area contributed by atoms with Crippen molar-refractivity contribution in [3.05, 3.63) is 51.8 Å². The average molecular weight is 346 g/mol. The standard InChI is InChI=1S/C17H20BrN3/c18-15-5-1-12(2-6-15)11-21-17(13-3-4-13)14(10-20-21)9-19-16-7-8-16/h1-2,5-6,10,13,16,19H,3-4,7-9,11H2. The first-order valence-corrected chi connectivity index (χ1v) is 8.61. The first kappa shape index (κ1) is 13.5. The number of nitrogens with zero attached hydrogens (tertiary/aromatic N) is 2. The second-order valence-electron chi connectivity index (χ2n) is 6.27. The van der Waals surface area contributed by atoms with Crippen LogP contribution in [0, 0.1) is 0 Å². The van der Waals surface area contributed by atoms with Gasteiger partial charge in [0.2, 0.25) is 0 Å². The van der Waals surface area contributed by atoms with Gasteiger partial charge in [-0.2, -0.15) is 5.10 Å². The Labute approximate surface area is 133 Å². The van der Waals surface area contributed by atoms with Gasteiger partial charge in [-0.25, -0.2) is 0 Å². The van der Waals surface area contributed by atoms with Gasteiger partial charge < -0.3 is 5.32 Å². The second kappa shape index (κ2) is 5.58. The number of benzene rings is 1. The van der Waals surface area contributed by atoms with Gasteiger partial charge in [-0.1, -0.05) is 28.1 Å². The Morgan fingerprint density at radius 2 is 1.90 bits per heavy atom. The van der Waals surface area contributed by atoms with E-state index in [4.69, 9.17) is 0 Å². The molecule has 2 fully saturated rings. The van der Waals surface area contributed by atoms with Crippen LogP contribution in [-0.2, 0) is 13.1 Å². The summed E-state index contributed by atoms with van der Waals surface area (Å²) >= 11 is 3.49. The minimum absolute atomic E-state index is 0.735. The van der Waals surface area contributed by atoms with Crippen molar-refractivity contribution in [2.75, 3.05) is 0 Å². The molecule has 0 atom stereocenters. The molecule has 0 radical (unpaired) electrons. The summed E-state index contributed by atoms with van der Waals surface area (Å²) < 4.78 is 3.34. The first-order valence-electron chi connectivity index (χ1n) is 7.82. The highest BCUT2D eigenvalue weighted by molar-refractivity contribution is 9.10. The first-order chi connectivity index (χ1) is 10.3. The molecule has 1 N–H and O–H groups in total. The third-order valence-corrected chi connectivity index (χ3v) is 4.86. The van der Waals surface area contributed by atoms with Gasteiger partial charge in [-0.15, -0.1) is 0 Å². The highest BCUT2D eigenvalue weighted by atomic mass is 79.9. The molecule has 1 heterocycles. The van der Waals surface area contributed by atoms with Gasteiger partial charge in [-0.3, -0.25) is 4.68 Å². The van der Waals surface area contributed by atoms with Crippen molar-refractivity contribution in [1.29, 1.82) is 0 Å². The van der Waals surface area contributed by atoms with Gasteiger partial charge in [0.15, 0.2) is 0 Å². The van der Waals surface area contributed by atoms with E-state index >= 15 is 0 Å². The van der Waals surface area contributed by atoms with Crippen LogP contribution in [0.15, 0.2) is 34.9 Å². The maximum atomic E-state index is 4.66. The van der Waals surface area contributed by atoms with Crippen molar-refractivity contribution in [2.45, 2.75) is 50.7 Å². The molecule has 0 amide bonds. The van der Waals surface area contributed by atoms with Crippen molar-refractivity contribution in [1.82, 2.24) is 15.1 Å². The Balaban J connectivity index is 1.54. The van der Waals surface area contributed by atoms with Crippen LogP contribution in [0.25, 0.3) is 0 Å². The third-order valence-electron chi connectivity index (χ3n) is 4.33. The van der Waals surface area contributed by atoms with E-state index in [9.17, 15) is 0 Å². The smallest absolute Gasteiger partial charge is 0.0662 e. The molecule has 1 aromatic heterocycles. The topological polar surface area (TPSA) is 29.9 Å². The fourth-order valence-electron chi connectivity index (χ4n) is 2.83. The van der Waals surface area contributed by atoms with Crippen LogP contribution in [0.1, 0.15) is 48.4 Å². The highest BCUT2D eigenvalue weighted by Gasteiger charge is 2.30. The summed E-state index contributed by atoms with van der Waals surface area (Å²) in [5, 5.41) is 8.28. The van der Waals surface area contributed by atoms with Crippen LogP contribution in [0.2, 0.25) is 0 Å². The van der Waals surface area contributed by atoms with Crippen molar-refractivity contribution in [3.8, 4) is 0 Å². The van der Waals surface area contributed by atoms with Gasteiger partial charge >= 0.3 is 0 Å². The molecule has 0 spiro atoms. The van der Waals surface area contributed by atoms with E-state index in [1.54, 1.807) is 0 Å². The van der Waals surface area contributed by atoms with Crippen molar-refractivity contribution in [2.24, 2.45) is 0 Å². The average Bonchev–Trinajstić information content (AvgIpc) is 3.40. The van der Waals surface area contributed by atoms with E-state index in [1.165, 1.54) is 42.5 Å². The second-order valence-corrected chi connectivity index (χ2v) is 7.18. The molecule has 0 bridgehead atoms. The highest BCUT2D eigenvalue weighted by Crippen LogP contribution is 2.42. The van der Waals surface area contributed by atoms with Crippen LogP contribution in [-0.4, -0.2) is 15.8 Å². The number of rotatable bonds is 6. The van der Waals surface area contributed by atoms with Crippen molar-refractivity contribution < 1.29 is 0 Å². The Morgan fingerprint density at radius 1 is 1.14 bits per heavy atom. The molecule has 2 saturated carbocycles. The monoisotopic (exact) mass is 345 g/mol. The Kier molecular flexibility index (Phi) is 3.59. The van der Waals surface area contributed by atoms with Gasteiger partial charge in [0.25, 0.3) is 0 Å². The van der Waals surface area contributed by atoms with E-state index in [1.807, 2.05) is 0 Å². The van der Waals surface area contributed by atoms with E-state index in [0.29, 0.717) is 0 Å². The van der Waals surface area contributed by atoms with Gasteiger partial charge in [0.05, 0.1) is 12.7 Å². The molecule has 2 aliphatic carbocycles. The molecule has 4 heteroatoms. The van der Waals surface area contributed by atoms with Gasteiger partial charge in [0.1, 0.15) is 0 Å². The summed E-state index contributed by atoms with van der Waals surface area (Å²) in [4.78, 5) is 0. The normalized spacial score (nSPS) is 18.1. The molecule has 4 rings (SSSR count). The van der Waals surface area contributed by atoms with E-state index in [0.717, 1.165) is 29.5 Å². The lowest BCUT2D eigenvalue weighted by atomic mass is 10.1. The SMILES string of the molecule is Brc1ccc(Cn2ncc(CNC3CC3)c2C2CC2)cc1. The Hall–Kier alpha value is -1.13. The van der Waals surface area contributed by atoms with Crippen molar-refractivity contribution in [3.63, 3.8) is 0 Å². The fraction of sp³-hybridized carbons (Fsp3) is 0.471. The maximum absolute atomic E-state index is 4.66. The number of aromatic nitrogens is 2. The molecular formula is C17H20BrN3. The minimum Gasteiger partial charge on any atom is -0.310 e. The van der Waals surface area contributed by atoms with Crippen LogP contribution >= 0.6 is 15.9 Å². The summed E-state index contributed by atoms with van der Waals surface area (Å²) in [5.41, 5.74) is 4.18. The summed E-state index contributed by atoms with van der Waals surface area (Å²) in [5.74, 6) is 0.735. The number of hydrogen-bond acceptors (Lipinski definition) is 2. The zero-order chi connectivity index (χ0) is 14.2. The summed E-state index contributed by atoms with van der Waals surface area (Å²) in [6.45, 7) is 1.86. The predicted molar refractivity (Wildman–Crippen MR) is 87.3 cm³/mol. The molecule has 0 saturated heterocycles. The summed E-state index contributed by atoms with van der Waals surface area (Å²) in [6.07, 6.45) is 7.39. The maximum Gasteiger partial charge on any atom is 0.0662 e. The predicted octanol–water partition coefficient (Wildman–Crippen LogP) is 3.82. The van der Waals surface area contributed by atoms with E-state index in [2.05, 4.69) is 61.5 Å². The lowest BCUT2D eigenvalue weighted by Gasteiger charge is -2.10. The lowest BCUT2D eigenvalue weighted by Crippen LogP contribution is -2.16. The van der Waals surface area contributed by atoms with Crippen LogP contribution < -0.4 is 5.32 Å². The Bertz CT molecular complexity index is 624. The van der Waals surface area contributed by atoms with Gasteiger partial charge in [0, 0.05) is 34.2 Å². The summed E-state index contributed by atoms with van der Waals surface area (Å²) in [7, 11) is 0. The zero-order valence-corrected chi connectivity index (χ0v) is 13.6. The zero-order valence-electron chi connectivity index (χ0n) is 12.1. The number of nitrogens with one attached hydrogen (secondary N) is 1. The Morgan fingerprint density at radius 3 is 2.57 bits per heavy atom. The lowest BCUT2D eigenvalue weighted by molar-refractivity contribution is 0.635.